The number of hydrogen-bond acceptors (Lipinski definition) is 4. The first-order chi connectivity index (χ1) is 11.2. The highest BCUT2D eigenvalue weighted by molar-refractivity contribution is 5.89. The molecule has 1 aromatic carbocycles. The largest absolute Gasteiger partial charge is 0.464 e. The van der Waals surface area contributed by atoms with E-state index in [1.165, 1.54) is 0 Å². The molecule has 6 nitrogen and oxygen atoms in total. The Bertz CT molecular complexity index is 619. The molecule has 6 heteroatoms. The summed E-state index contributed by atoms with van der Waals surface area (Å²) in [5.74, 6) is 0.800. The van der Waals surface area contributed by atoms with E-state index in [1.807, 2.05) is 36.4 Å². The van der Waals surface area contributed by atoms with E-state index in [2.05, 4.69) is 5.32 Å². The number of carbonyl (C=O) groups is 1. The average molecular weight is 316 g/mol. The zero-order chi connectivity index (χ0) is 16.1. The molecule has 2 aromatic rings. The molecule has 0 spiro atoms. The minimum absolute atomic E-state index is 0.0687. The monoisotopic (exact) mass is 316 g/mol. The van der Waals surface area contributed by atoms with Crippen LogP contribution in [0.3, 0.4) is 0 Å². The van der Waals surface area contributed by atoms with Crippen molar-refractivity contribution in [2.75, 3.05) is 38.7 Å². The Labute approximate surface area is 135 Å². The van der Waals surface area contributed by atoms with Crippen molar-refractivity contribution in [3.05, 3.63) is 42.7 Å². The molecule has 1 fully saturated rings. The van der Waals surface area contributed by atoms with Crippen LogP contribution in [0.4, 0.5) is 10.5 Å². The summed E-state index contributed by atoms with van der Waals surface area (Å²) in [4.78, 5) is 13.8. The van der Waals surface area contributed by atoms with Gasteiger partial charge in [0.1, 0.15) is 5.76 Å². The van der Waals surface area contributed by atoms with E-state index < -0.39 is 0 Å². The van der Waals surface area contributed by atoms with Crippen LogP contribution in [0, 0.1) is 0 Å². The molecule has 1 N–H and O–H groups in total. The first kappa shape index (κ1) is 15.6. The van der Waals surface area contributed by atoms with Gasteiger partial charge in [0.2, 0.25) is 0 Å². The molecule has 1 unspecified atom stereocenters. The van der Waals surface area contributed by atoms with Crippen molar-refractivity contribution in [3.63, 3.8) is 0 Å². The SMILES string of the molecule is CN(CC1COCCO1)C(=O)Nc1ccc(-c2ccco2)cc1. The van der Waals surface area contributed by atoms with Gasteiger partial charge in [0.15, 0.2) is 0 Å². The van der Waals surface area contributed by atoms with Gasteiger partial charge >= 0.3 is 6.03 Å². The maximum atomic E-state index is 12.2. The van der Waals surface area contributed by atoms with Crippen molar-refractivity contribution >= 4 is 11.7 Å². The van der Waals surface area contributed by atoms with Gasteiger partial charge < -0.3 is 24.1 Å². The highest BCUT2D eigenvalue weighted by atomic mass is 16.6. The molecule has 122 valence electrons. The fourth-order valence-corrected chi connectivity index (χ4v) is 2.41. The smallest absolute Gasteiger partial charge is 0.321 e. The quantitative estimate of drug-likeness (QED) is 0.942. The van der Waals surface area contributed by atoms with Crippen molar-refractivity contribution < 1.29 is 18.7 Å². The molecular formula is C17H20N2O4. The lowest BCUT2D eigenvalue weighted by molar-refractivity contribution is -0.0925. The molecule has 1 saturated heterocycles. The molecule has 1 aliphatic heterocycles. The summed E-state index contributed by atoms with van der Waals surface area (Å²) in [6.07, 6.45) is 1.57. The molecule has 0 aliphatic carbocycles. The lowest BCUT2D eigenvalue weighted by atomic mass is 10.1. The summed E-state index contributed by atoms with van der Waals surface area (Å²) in [6.45, 7) is 2.22. The van der Waals surface area contributed by atoms with E-state index in [0.717, 1.165) is 17.0 Å². The van der Waals surface area contributed by atoms with Gasteiger partial charge in [0.25, 0.3) is 0 Å². The molecule has 0 bridgehead atoms. The fourth-order valence-electron chi connectivity index (χ4n) is 2.41. The van der Waals surface area contributed by atoms with Gasteiger partial charge in [-0.3, -0.25) is 0 Å². The van der Waals surface area contributed by atoms with Gasteiger partial charge in [-0.1, -0.05) is 0 Å². The summed E-state index contributed by atoms with van der Waals surface area (Å²) < 4.78 is 16.2. The molecule has 3 rings (SSSR count). The van der Waals surface area contributed by atoms with Crippen molar-refractivity contribution in [2.45, 2.75) is 6.10 Å². The molecule has 0 saturated carbocycles. The van der Waals surface area contributed by atoms with E-state index in [0.29, 0.717) is 26.4 Å². The Morgan fingerprint density at radius 3 is 2.74 bits per heavy atom. The van der Waals surface area contributed by atoms with Crippen LogP contribution >= 0.6 is 0 Å². The van der Waals surface area contributed by atoms with E-state index >= 15 is 0 Å². The number of amides is 2. The van der Waals surface area contributed by atoms with Crippen LogP contribution in [0.25, 0.3) is 11.3 Å². The number of anilines is 1. The van der Waals surface area contributed by atoms with E-state index in [4.69, 9.17) is 13.9 Å². The summed E-state index contributed by atoms with van der Waals surface area (Å²) >= 11 is 0. The second-order valence-electron chi connectivity index (χ2n) is 5.43. The predicted molar refractivity (Wildman–Crippen MR) is 86.4 cm³/mol. The molecule has 2 heterocycles. The van der Waals surface area contributed by atoms with Crippen molar-refractivity contribution in [3.8, 4) is 11.3 Å². The topological polar surface area (TPSA) is 63.9 Å². The summed E-state index contributed by atoms with van der Waals surface area (Å²) in [6, 6.07) is 11.1. The minimum atomic E-state index is -0.176. The molecule has 1 atom stereocenters. The first-order valence-electron chi connectivity index (χ1n) is 7.58. The van der Waals surface area contributed by atoms with Crippen LogP contribution in [-0.4, -0.2) is 50.4 Å². The molecular weight excluding hydrogens is 296 g/mol. The number of urea groups is 1. The Hall–Kier alpha value is -2.31. The molecule has 0 radical (unpaired) electrons. The Kier molecular flexibility index (Phi) is 4.95. The number of carbonyl (C=O) groups excluding carboxylic acids is 1. The lowest BCUT2D eigenvalue weighted by Gasteiger charge is -2.27. The molecule has 1 aliphatic rings. The van der Waals surface area contributed by atoms with Crippen LogP contribution in [0.15, 0.2) is 47.1 Å². The zero-order valence-corrected chi connectivity index (χ0v) is 13.0. The first-order valence-corrected chi connectivity index (χ1v) is 7.58. The van der Waals surface area contributed by atoms with Gasteiger partial charge in [0.05, 0.1) is 38.7 Å². The Balaban J connectivity index is 1.54. The Morgan fingerprint density at radius 2 is 2.09 bits per heavy atom. The lowest BCUT2D eigenvalue weighted by Crippen LogP contribution is -2.42. The Morgan fingerprint density at radius 1 is 1.26 bits per heavy atom. The summed E-state index contributed by atoms with van der Waals surface area (Å²) in [5, 5.41) is 2.86. The number of nitrogens with one attached hydrogen (secondary N) is 1. The third kappa shape index (κ3) is 4.12. The number of benzene rings is 1. The maximum Gasteiger partial charge on any atom is 0.321 e. The molecule has 1 aromatic heterocycles. The third-order valence-corrected chi connectivity index (χ3v) is 3.65. The fraction of sp³-hybridized carbons (Fsp3) is 0.353. The maximum absolute atomic E-state index is 12.2. The van der Waals surface area contributed by atoms with Crippen LogP contribution in [0.1, 0.15) is 0 Å². The second kappa shape index (κ2) is 7.30. The van der Waals surface area contributed by atoms with Crippen molar-refractivity contribution in [1.29, 1.82) is 0 Å². The number of likely N-dealkylation sites (N-methyl/N-ethyl adjacent to an activating group) is 1. The number of ether oxygens (including phenoxy) is 2. The average Bonchev–Trinajstić information content (AvgIpc) is 3.11. The van der Waals surface area contributed by atoms with Crippen LogP contribution in [0.5, 0.6) is 0 Å². The van der Waals surface area contributed by atoms with Crippen LogP contribution < -0.4 is 5.32 Å². The molecule has 23 heavy (non-hydrogen) atoms. The van der Waals surface area contributed by atoms with Gasteiger partial charge in [-0.05, 0) is 36.4 Å². The molecule has 2 amide bonds. The number of nitrogens with zero attached hydrogens (tertiary/aromatic N) is 1. The third-order valence-electron chi connectivity index (χ3n) is 3.65. The van der Waals surface area contributed by atoms with E-state index in [1.54, 1.807) is 18.2 Å². The minimum Gasteiger partial charge on any atom is -0.464 e. The summed E-state index contributed by atoms with van der Waals surface area (Å²) in [5.41, 5.74) is 1.70. The van der Waals surface area contributed by atoms with Gasteiger partial charge in [-0.25, -0.2) is 4.79 Å². The van der Waals surface area contributed by atoms with E-state index in [-0.39, 0.29) is 12.1 Å². The van der Waals surface area contributed by atoms with E-state index in [9.17, 15) is 4.79 Å². The normalized spacial score (nSPS) is 17.7. The number of hydrogen-bond donors (Lipinski definition) is 1. The number of furan rings is 1. The highest BCUT2D eigenvalue weighted by Crippen LogP contribution is 2.21. The zero-order valence-electron chi connectivity index (χ0n) is 13.0. The predicted octanol–water partition coefficient (Wildman–Crippen LogP) is 2.83. The second-order valence-corrected chi connectivity index (χ2v) is 5.43. The van der Waals surface area contributed by atoms with Gasteiger partial charge in [-0.2, -0.15) is 0 Å². The van der Waals surface area contributed by atoms with Crippen LogP contribution in [0.2, 0.25) is 0 Å². The van der Waals surface area contributed by atoms with Crippen molar-refractivity contribution in [2.24, 2.45) is 0 Å². The highest BCUT2D eigenvalue weighted by Gasteiger charge is 2.19. The van der Waals surface area contributed by atoms with Crippen LogP contribution in [-0.2, 0) is 9.47 Å². The standard InChI is InChI=1S/C17H20N2O4/c1-19(11-15-12-21-9-10-22-15)17(20)18-14-6-4-13(5-7-14)16-3-2-8-23-16/h2-8,15H,9-12H2,1H3,(H,18,20). The van der Waals surface area contributed by atoms with Gasteiger partial charge in [-0.15, -0.1) is 0 Å². The van der Waals surface area contributed by atoms with Gasteiger partial charge in [0, 0.05) is 18.3 Å². The van der Waals surface area contributed by atoms with Crippen molar-refractivity contribution in [1.82, 2.24) is 4.90 Å². The number of rotatable bonds is 4. The summed E-state index contributed by atoms with van der Waals surface area (Å²) in [7, 11) is 1.74.